The maximum Gasteiger partial charge on any atom is 0.146 e. The van der Waals surface area contributed by atoms with Crippen LogP contribution in [0.25, 0.3) is 0 Å². The van der Waals surface area contributed by atoms with E-state index in [-0.39, 0.29) is 12.5 Å². The number of aliphatic hydroxyl groups excluding tert-OH is 2. The van der Waals surface area contributed by atoms with Crippen LogP contribution < -0.4 is 4.90 Å². The Morgan fingerprint density at radius 2 is 2.33 bits per heavy atom. The number of piperidine rings is 1. The number of rotatable bonds is 2. The topological polar surface area (TPSA) is 80.4 Å². The smallest absolute Gasteiger partial charge is 0.146 e. The minimum absolute atomic E-state index is 0.00135. The first-order valence-electron chi connectivity index (χ1n) is 6.07. The van der Waals surface area contributed by atoms with E-state index in [0.29, 0.717) is 30.9 Å². The van der Waals surface area contributed by atoms with Gasteiger partial charge in [-0.05, 0) is 25.5 Å². The number of hydrogen-bond acceptors (Lipinski definition) is 5. The van der Waals surface area contributed by atoms with Gasteiger partial charge in [0, 0.05) is 31.3 Å². The van der Waals surface area contributed by atoms with Crippen LogP contribution in [0.4, 0.5) is 5.82 Å². The maximum absolute atomic E-state index is 9.92. The van der Waals surface area contributed by atoms with Crippen molar-refractivity contribution in [3.63, 3.8) is 0 Å². The van der Waals surface area contributed by atoms with Crippen LogP contribution in [-0.4, -0.2) is 41.0 Å². The molecule has 0 amide bonds. The second-order valence-electron chi connectivity index (χ2n) is 4.68. The normalized spacial score (nSPS) is 23.8. The van der Waals surface area contributed by atoms with Crippen LogP contribution in [0, 0.1) is 24.2 Å². The SMILES string of the molecule is Cc1ccc(C#N)c(N2CC[C@H](CO)[C@@H](O)C2)n1. The lowest BCUT2D eigenvalue weighted by Crippen LogP contribution is -2.45. The van der Waals surface area contributed by atoms with Gasteiger partial charge < -0.3 is 15.1 Å². The molecule has 2 rings (SSSR count). The van der Waals surface area contributed by atoms with E-state index in [1.54, 1.807) is 12.1 Å². The number of anilines is 1. The van der Waals surface area contributed by atoms with Crippen LogP contribution >= 0.6 is 0 Å². The van der Waals surface area contributed by atoms with Crippen LogP contribution in [0.3, 0.4) is 0 Å². The first-order chi connectivity index (χ1) is 8.65. The average molecular weight is 247 g/mol. The molecule has 1 aliphatic rings. The van der Waals surface area contributed by atoms with Crippen molar-refractivity contribution >= 4 is 5.82 Å². The van der Waals surface area contributed by atoms with Gasteiger partial charge in [-0.1, -0.05) is 0 Å². The molecule has 0 aromatic carbocycles. The highest BCUT2D eigenvalue weighted by molar-refractivity contribution is 5.54. The lowest BCUT2D eigenvalue weighted by Gasteiger charge is -2.36. The lowest BCUT2D eigenvalue weighted by atomic mass is 9.94. The molecule has 5 heteroatoms. The highest BCUT2D eigenvalue weighted by Gasteiger charge is 2.28. The molecular formula is C13H17N3O2. The lowest BCUT2D eigenvalue weighted by molar-refractivity contribution is 0.0546. The van der Waals surface area contributed by atoms with E-state index >= 15 is 0 Å². The Labute approximate surface area is 106 Å². The van der Waals surface area contributed by atoms with Crippen molar-refractivity contribution in [3.8, 4) is 6.07 Å². The minimum Gasteiger partial charge on any atom is -0.396 e. The summed E-state index contributed by atoms with van der Waals surface area (Å²) in [6, 6.07) is 5.68. The number of aromatic nitrogens is 1. The number of nitrogens with zero attached hydrogens (tertiary/aromatic N) is 3. The molecule has 0 radical (unpaired) electrons. The molecule has 0 aliphatic carbocycles. The van der Waals surface area contributed by atoms with Crippen LogP contribution in [-0.2, 0) is 0 Å². The van der Waals surface area contributed by atoms with E-state index in [2.05, 4.69) is 11.1 Å². The summed E-state index contributed by atoms with van der Waals surface area (Å²) >= 11 is 0. The first-order valence-corrected chi connectivity index (χ1v) is 6.07. The summed E-state index contributed by atoms with van der Waals surface area (Å²) in [6.45, 7) is 2.99. The van der Waals surface area contributed by atoms with Crippen molar-refractivity contribution in [1.82, 2.24) is 4.98 Å². The third kappa shape index (κ3) is 2.45. The zero-order chi connectivity index (χ0) is 13.1. The monoisotopic (exact) mass is 247 g/mol. The van der Waals surface area contributed by atoms with Gasteiger partial charge in [-0.2, -0.15) is 5.26 Å². The molecule has 1 aromatic heterocycles. The van der Waals surface area contributed by atoms with Gasteiger partial charge >= 0.3 is 0 Å². The van der Waals surface area contributed by atoms with Crippen molar-refractivity contribution in [2.45, 2.75) is 19.4 Å². The van der Waals surface area contributed by atoms with E-state index in [1.807, 2.05) is 11.8 Å². The number of aliphatic hydroxyl groups is 2. The van der Waals surface area contributed by atoms with E-state index in [4.69, 9.17) is 10.4 Å². The van der Waals surface area contributed by atoms with Gasteiger partial charge in [-0.15, -0.1) is 0 Å². The summed E-state index contributed by atoms with van der Waals surface area (Å²) in [5.74, 6) is 0.560. The molecule has 0 bridgehead atoms. The second-order valence-corrected chi connectivity index (χ2v) is 4.68. The van der Waals surface area contributed by atoms with E-state index in [9.17, 15) is 5.11 Å². The molecular weight excluding hydrogens is 230 g/mol. The fourth-order valence-electron chi connectivity index (χ4n) is 2.26. The van der Waals surface area contributed by atoms with Crippen LogP contribution in [0.5, 0.6) is 0 Å². The van der Waals surface area contributed by atoms with Crippen LogP contribution in [0.15, 0.2) is 12.1 Å². The third-order valence-electron chi connectivity index (χ3n) is 3.39. The van der Waals surface area contributed by atoms with Gasteiger partial charge in [0.1, 0.15) is 11.9 Å². The highest BCUT2D eigenvalue weighted by atomic mass is 16.3. The molecule has 5 nitrogen and oxygen atoms in total. The highest BCUT2D eigenvalue weighted by Crippen LogP contribution is 2.24. The summed E-state index contributed by atoms with van der Waals surface area (Å²) in [6.07, 6.45) is 0.135. The van der Waals surface area contributed by atoms with Crippen molar-refractivity contribution in [2.24, 2.45) is 5.92 Å². The summed E-state index contributed by atoms with van der Waals surface area (Å²) in [5.41, 5.74) is 1.37. The predicted octanol–water partition coefficient (Wildman–Crippen LogP) is 0.441. The molecule has 1 saturated heterocycles. The average Bonchev–Trinajstić information content (AvgIpc) is 2.38. The summed E-state index contributed by atoms with van der Waals surface area (Å²) < 4.78 is 0. The Kier molecular flexibility index (Phi) is 3.80. The molecule has 0 spiro atoms. The molecule has 2 heterocycles. The van der Waals surface area contributed by atoms with Crippen LogP contribution in [0.2, 0.25) is 0 Å². The Morgan fingerprint density at radius 3 is 2.94 bits per heavy atom. The van der Waals surface area contributed by atoms with E-state index < -0.39 is 6.10 Å². The summed E-state index contributed by atoms with van der Waals surface area (Å²) in [7, 11) is 0. The van der Waals surface area contributed by atoms with Crippen molar-refractivity contribution in [1.29, 1.82) is 5.26 Å². The van der Waals surface area contributed by atoms with Crippen molar-refractivity contribution in [2.75, 3.05) is 24.6 Å². The van der Waals surface area contributed by atoms with Gasteiger partial charge in [0.2, 0.25) is 0 Å². The number of pyridine rings is 1. The fourth-order valence-corrected chi connectivity index (χ4v) is 2.26. The largest absolute Gasteiger partial charge is 0.396 e. The quantitative estimate of drug-likeness (QED) is 0.792. The van der Waals surface area contributed by atoms with E-state index in [0.717, 1.165) is 5.69 Å². The van der Waals surface area contributed by atoms with Crippen molar-refractivity contribution < 1.29 is 10.2 Å². The number of β-amino-alcohol motifs (C(OH)–C–C–N with tert-alkyl or cyclic N) is 1. The molecule has 1 fully saturated rings. The summed E-state index contributed by atoms with van der Waals surface area (Å²) in [5, 5.41) is 28.1. The molecule has 0 saturated carbocycles. The molecule has 1 aromatic rings. The van der Waals surface area contributed by atoms with Gasteiger partial charge in [-0.3, -0.25) is 0 Å². The van der Waals surface area contributed by atoms with Gasteiger partial charge in [-0.25, -0.2) is 4.98 Å². The number of aryl methyl sites for hydroxylation is 1. The van der Waals surface area contributed by atoms with Crippen LogP contribution in [0.1, 0.15) is 17.7 Å². The molecule has 2 atom stereocenters. The Balaban J connectivity index is 2.23. The molecule has 18 heavy (non-hydrogen) atoms. The van der Waals surface area contributed by atoms with E-state index in [1.165, 1.54) is 0 Å². The molecule has 1 aliphatic heterocycles. The van der Waals surface area contributed by atoms with Gasteiger partial charge in [0.15, 0.2) is 0 Å². The first kappa shape index (κ1) is 12.8. The van der Waals surface area contributed by atoms with Crippen molar-refractivity contribution in [3.05, 3.63) is 23.4 Å². The molecule has 2 N–H and O–H groups in total. The Hall–Kier alpha value is -1.64. The number of nitriles is 1. The summed E-state index contributed by atoms with van der Waals surface area (Å²) in [4.78, 5) is 6.30. The molecule has 96 valence electrons. The van der Waals surface area contributed by atoms with Gasteiger partial charge in [0.05, 0.1) is 11.7 Å². The maximum atomic E-state index is 9.92. The molecule has 0 unspecified atom stereocenters. The Bertz CT molecular complexity index is 470. The zero-order valence-corrected chi connectivity index (χ0v) is 10.4. The standard InChI is InChI=1S/C13H17N3O2/c1-9-2-3-10(6-14)13(15-9)16-5-4-11(8-17)12(18)7-16/h2-3,11-12,17-18H,4-5,7-8H2,1H3/t11-,12+/m1/s1. The third-order valence-corrected chi connectivity index (χ3v) is 3.39. The predicted molar refractivity (Wildman–Crippen MR) is 67.1 cm³/mol. The fraction of sp³-hybridized carbons (Fsp3) is 0.538. The number of hydrogen-bond donors (Lipinski definition) is 2. The second kappa shape index (κ2) is 5.34. The van der Waals surface area contributed by atoms with Gasteiger partial charge in [0.25, 0.3) is 0 Å². The Morgan fingerprint density at radius 1 is 1.56 bits per heavy atom. The zero-order valence-electron chi connectivity index (χ0n) is 10.4. The minimum atomic E-state index is -0.572.